The first-order chi connectivity index (χ1) is 9.61. The molecule has 0 atom stereocenters. The molecule has 1 aliphatic rings. The van der Waals surface area contributed by atoms with Gasteiger partial charge >= 0.3 is 0 Å². The number of aryl methyl sites for hydroxylation is 2. The number of benzene rings is 1. The van der Waals surface area contributed by atoms with Gasteiger partial charge in [-0.05, 0) is 44.5 Å². The Morgan fingerprint density at radius 2 is 2.10 bits per heavy atom. The Morgan fingerprint density at radius 3 is 2.70 bits per heavy atom. The van der Waals surface area contributed by atoms with E-state index in [1.54, 1.807) is 0 Å². The van der Waals surface area contributed by atoms with Crippen molar-refractivity contribution in [3.05, 3.63) is 35.0 Å². The number of likely N-dealkylation sites (N-methyl/N-ethyl adjacent to an activating group) is 1. The third-order valence-corrected chi connectivity index (χ3v) is 4.36. The van der Waals surface area contributed by atoms with E-state index in [2.05, 4.69) is 24.1 Å². The van der Waals surface area contributed by atoms with Gasteiger partial charge in [0, 0.05) is 41.8 Å². The fraction of sp³-hybridized carbons (Fsp3) is 0.438. The lowest BCUT2D eigenvalue weighted by Gasteiger charge is -2.37. The number of carbonyl (C=O) groups is 1. The molecule has 4 nitrogen and oxygen atoms in total. The average Bonchev–Trinajstić information content (AvgIpc) is 2.68. The molecule has 0 radical (unpaired) electrons. The minimum Gasteiger partial charge on any atom is -0.358 e. The van der Waals surface area contributed by atoms with Gasteiger partial charge in [0.15, 0.2) is 0 Å². The van der Waals surface area contributed by atoms with E-state index in [1.807, 2.05) is 30.0 Å². The Bertz CT molecular complexity index is 655. The highest BCUT2D eigenvalue weighted by molar-refractivity contribution is 5.99. The van der Waals surface area contributed by atoms with Gasteiger partial charge in [0.25, 0.3) is 5.91 Å². The smallest absolute Gasteiger partial charge is 0.254 e. The van der Waals surface area contributed by atoms with Gasteiger partial charge in [-0.15, -0.1) is 0 Å². The van der Waals surface area contributed by atoms with Crippen LogP contribution in [0, 0.1) is 13.8 Å². The van der Waals surface area contributed by atoms with E-state index >= 15 is 0 Å². The molecule has 0 aliphatic carbocycles. The minimum absolute atomic E-state index is 0.138. The standard InChI is InChI=1S/C16H21N3O/c1-4-19(13-8-17-9-13)16(20)12-5-6-15-14(7-12)10(2)11(3)18-15/h5-7,13,17-18H,4,8-9H2,1-3H3. The van der Waals surface area contributed by atoms with Gasteiger partial charge in [0.2, 0.25) is 0 Å². The van der Waals surface area contributed by atoms with Gasteiger partial charge in [-0.1, -0.05) is 0 Å². The third kappa shape index (κ3) is 2.00. The predicted molar refractivity (Wildman–Crippen MR) is 81.1 cm³/mol. The molecule has 1 saturated heterocycles. The molecular weight excluding hydrogens is 250 g/mol. The molecular formula is C16H21N3O. The van der Waals surface area contributed by atoms with Gasteiger partial charge in [-0.3, -0.25) is 4.79 Å². The average molecular weight is 271 g/mol. The molecule has 4 heteroatoms. The summed E-state index contributed by atoms with van der Waals surface area (Å²) in [5.41, 5.74) is 4.28. The van der Waals surface area contributed by atoms with Crippen molar-refractivity contribution in [2.45, 2.75) is 26.8 Å². The highest BCUT2D eigenvalue weighted by Gasteiger charge is 2.28. The molecule has 0 saturated carbocycles. The molecule has 1 aromatic heterocycles. The van der Waals surface area contributed by atoms with Crippen molar-refractivity contribution in [1.82, 2.24) is 15.2 Å². The van der Waals surface area contributed by atoms with Crippen LogP contribution in [-0.4, -0.2) is 41.5 Å². The summed E-state index contributed by atoms with van der Waals surface area (Å²) in [7, 11) is 0. The van der Waals surface area contributed by atoms with Crippen LogP contribution in [0.25, 0.3) is 10.9 Å². The SMILES string of the molecule is CCN(C(=O)c1ccc2[nH]c(C)c(C)c2c1)C1CNC1. The first-order valence-electron chi connectivity index (χ1n) is 7.22. The summed E-state index contributed by atoms with van der Waals surface area (Å²) in [5.74, 6) is 0.138. The Morgan fingerprint density at radius 1 is 1.35 bits per heavy atom. The number of rotatable bonds is 3. The molecule has 2 heterocycles. The number of hydrogen-bond donors (Lipinski definition) is 2. The predicted octanol–water partition coefficient (Wildman–Crippen LogP) is 2.22. The molecule has 0 unspecified atom stereocenters. The van der Waals surface area contributed by atoms with E-state index in [0.29, 0.717) is 6.04 Å². The molecule has 3 rings (SSSR count). The normalized spacial score (nSPS) is 15.3. The van der Waals surface area contributed by atoms with Crippen LogP contribution in [0.5, 0.6) is 0 Å². The largest absolute Gasteiger partial charge is 0.358 e. The minimum atomic E-state index is 0.138. The van der Waals surface area contributed by atoms with Crippen LogP contribution in [0.2, 0.25) is 0 Å². The van der Waals surface area contributed by atoms with Crippen LogP contribution < -0.4 is 5.32 Å². The number of aromatic amines is 1. The van der Waals surface area contributed by atoms with Crippen molar-refractivity contribution in [3.8, 4) is 0 Å². The van der Waals surface area contributed by atoms with Gasteiger partial charge in [-0.25, -0.2) is 0 Å². The van der Waals surface area contributed by atoms with E-state index in [1.165, 1.54) is 11.3 Å². The third-order valence-electron chi connectivity index (χ3n) is 4.36. The van der Waals surface area contributed by atoms with Gasteiger partial charge in [0.05, 0.1) is 6.04 Å². The van der Waals surface area contributed by atoms with E-state index in [0.717, 1.165) is 36.1 Å². The summed E-state index contributed by atoms with van der Waals surface area (Å²) in [4.78, 5) is 18.0. The number of nitrogens with zero attached hydrogens (tertiary/aromatic N) is 1. The number of amides is 1. The van der Waals surface area contributed by atoms with Gasteiger partial charge < -0.3 is 15.2 Å². The van der Waals surface area contributed by atoms with E-state index in [9.17, 15) is 4.79 Å². The van der Waals surface area contributed by atoms with Crippen LogP contribution in [-0.2, 0) is 0 Å². The molecule has 2 N–H and O–H groups in total. The monoisotopic (exact) mass is 271 g/mol. The van der Waals surface area contributed by atoms with Crippen LogP contribution in [0.15, 0.2) is 18.2 Å². The van der Waals surface area contributed by atoms with Crippen molar-refractivity contribution < 1.29 is 4.79 Å². The fourth-order valence-electron chi connectivity index (χ4n) is 2.82. The van der Waals surface area contributed by atoms with Crippen LogP contribution in [0.4, 0.5) is 0 Å². The van der Waals surface area contributed by atoms with Crippen LogP contribution in [0.1, 0.15) is 28.5 Å². The summed E-state index contributed by atoms with van der Waals surface area (Å²) in [6.07, 6.45) is 0. The highest BCUT2D eigenvalue weighted by Crippen LogP contribution is 2.23. The Hall–Kier alpha value is -1.81. The molecule has 20 heavy (non-hydrogen) atoms. The lowest BCUT2D eigenvalue weighted by atomic mass is 10.1. The van der Waals surface area contributed by atoms with Gasteiger partial charge in [-0.2, -0.15) is 0 Å². The molecule has 106 valence electrons. The Labute approximate surface area is 119 Å². The zero-order chi connectivity index (χ0) is 14.3. The summed E-state index contributed by atoms with van der Waals surface area (Å²) in [6, 6.07) is 6.30. The van der Waals surface area contributed by atoms with Crippen molar-refractivity contribution >= 4 is 16.8 Å². The first kappa shape index (κ1) is 13.2. The Balaban J connectivity index is 1.96. The number of nitrogens with one attached hydrogen (secondary N) is 2. The van der Waals surface area contributed by atoms with E-state index in [-0.39, 0.29) is 5.91 Å². The molecule has 0 spiro atoms. The molecule has 1 amide bonds. The van der Waals surface area contributed by atoms with Crippen LogP contribution in [0.3, 0.4) is 0 Å². The Kier molecular flexibility index (Phi) is 3.26. The number of hydrogen-bond acceptors (Lipinski definition) is 2. The van der Waals surface area contributed by atoms with Crippen molar-refractivity contribution in [2.24, 2.45) is 0 Å². The topological polar surface area (TPSA) is 48.1 Å². The summed E-state index contributed by atoms with van der Waals surface area (Å²) < 4.78 is 0. The molecule has 1 aliphatic heterocycles. The van der Waals surface area contributed by atoms with Crippen molar-refractivity contribution in [1.29, 1.82) is 0 Å². The number of aromatic nitrogens is 1. The molecule has 0 bridgehead atoms. The second-order valence-corrected chi connectivity index (χ2v) is 5.54. The lowest BCUT2D eigenvalue weighted by molar-refractivity contribution is 0.0630. The quantitative estimate of drug-likeness (QED) is 0.899. The van der Waals surface area contributed by atoms with Crippen molar-refractivity contribution in [2.75, 3.05) is 19.6 Å². The van der Waals surface area contributed by atoms with Crippen LogP contribution >= 0.6 is 0 Å². The van der Waals surface area contributed by atoms with E-state index in [4.69, 9.17) is 0 Å². The van der Waals surface area contributed by atoms with E-state index < -0.39 is 0 Å². The molecule has 1 aromatic carbocycles. The summed E-state index contributed by atoms with van der Waals surface area (Å²) in [5, 5.41) is 4.37. The number of fused-ring (bicyclic) bond motifs is 1. The molecule has 1 fully saturated rings. The number of H-pyrrole nitrogens is 1. The maximum atomic E-state index is 12.7. The molecule has 2 aromatic rings. The number of carbonyl (C=O) groups excluding carboxylic acids is 1. The highest BCUT2D eigenvalue weighted by atomic mass is 16.2. The summed E-state index contributed by atoms with van der Waals surface area (Å²) in [6.45, 7) is 8.77. The zero-order valence-corrected chi connectivity index (χ0v) is 12.3. The lowest BCUT2D eigenvalue weighted by Crippen LogP contribution is -2.58. The first-order valence-corrected chi connectivity index (χ1v) is 7.22. The summed E-state index contributed by atoms with van der Waals surface area (Å²) >= 11 is 0. The maximum absolute atomic E-state index is 12.7. The fourth-order valence-corrected chi connectivity index (χ4v) is 2.82. The van der Waals surface area contributed by atoms with Crippen molar-refractivity contribution in [3.63, 3.8) is 0 Å². The second kappa shape index (κ2) is 4.94. The zero-order valence-electron chi connectivity index (χ0n) is 12.3. The van der Waals surface area contributed by atoms with Gasteiger partial charge in [0.1, 0.15) is 0 Å². The second-order valence-electron chi connectivity index (χ2n) is 5.54. The maximum Gasteiger partial charge on any atom is 0.254 e.